The number of carbonyl (C=O) groups is 2. The summed E-state index contributed by atoms with van der Waals surface area (Å²) in [7, 11) is 1.33. The maximum Gasteiger partial charge on any atom is 0.317 e. The van der Waals surface area contributed by atoms with Crippen molar-refractivity contribution in [3.05, 3.63) is 58.6 Å². The van der Waals surface area contributed by atoms with Crippen molar-refractivity contribution in [1.82, 2.24) is 0 Å². The third-order valence-corrected chi connectivity index (χ3v) is 4.42. The van der Waals surface area contributed by atoms with Gasteiger partial charge in [-0.3, -0.25) is 19.7 Å². The highest BCUT2D eigenvalue weighted by Gasteiger charge is 2.20. The standard InChI is InChI=1S/C18H18N2O6S/c1-12(26-17(21)11-27-14-6-4-3-5-7-14)18(22)19-15-9-8-13(20(23)24)10-16(15)25-2/h3-10,12H,11H2,1-2H3,(H,19,22)/t12-/m0/s1. The van der Waals surface area contributed by atoms with Crippen LogP contribution in [0.4, 0.5) is 11.4 Å². The van der Waals surface area contributed by atoms with E-state index in [1.165, 1.54) is 44.0 Å². The van der Waals surface area contributed by atoms with Crippen molar-refractivity contribution in [2.45, 2.75) is 17.9 Å². The van der Waals surface area contributed by atoms with E-state index in [-0.39, 0.29) is 22.9 Å². The summed E-state index contributed by atoms with van der Waals surface area (Å²) < 4.78 is 10.2. The first-order chi connectivity index (χ1) is 12.9. The molecule has 8 nitrogen and oxygen atoms in total. The molecular weight excluding hydrogens is 372 g/mol. The van der Waals surface area contributed by atoms with Crippen LogP contribution < -0.4 is 10.1 Å². The second kappa shape index (κ2) is 9.58. The van der Waals surface area contributed by atoms with Crippen LogP contribution in [0.5, 0.6) is 5.75 Å². The number of nitro groups is 1. The zero-order valence-corrected chi connectivity index (χ0v) is 15.5. The topological polar surface area (TPSA) is 108 Å². The van der Waals surface area contributed by atoms with Gasteiger partial charge in [0.1, 0.15) is 5.75 Å². The number of ether oxygens (including phenoxy) is 2. The van der Waals surface area contributed by atoms with Crippen LogP contribution in [0.3, 0.4) is 0 Å². The summed E-state index contributed by atoms with van der Waals surface area (Å²) in [6.07, 6.45) is -1.03. The van der Waals surface area contributed by atoms with Gasteiger partial charge in [-0.05, 0) is 25.1 Å². The smallest absolute Gasteiger partial charge is 0.317 e. The maximum absolute atomic E-state index is 12.2. The van der Waals surface area contributed by atoms with E-state index in [0.717, 1.165) is 4.90 Å². The van der Waals surface area contributed by atoms with Gasteiger partial charge in [-0.1, -0.05) is 18.2 Å². The lowest BCUT2D eigenvalue weighted by molar-refractivity contribution is -0.384. The van der Waals surface area contributed by atoms with E-state index in [2.05, 4.69) is 5.32 Å². The molecule has 2 aromatic carbocycles. The van der Waals surface area contributed by atoms with Crippen LogP contribution >= 0.6 is 11.8 Å². The van der Waals surface area contributed by atoms with Crippen molar-refractivity contribution in [2.75, 3.05) is 18.2 Å². The third kappa shape index (κ3) is 6.00. The number of hydrogen-bond donors (Lipinski definition) is 1. The molecule has 142 valence electrons. The Morgan fingerprint density at radius 1 is 1.22 bits per heavy atom. The van der Waals surface area contributed by atoms with E-state index in [4.69, 9.17) is 9.47 Å². The Kier molecular flexibility index (Phi) is 7.18. The molecule has 0 aliphatic heterocycles. The molecule has 0 aliphatic carbocycles. The summed E-state index contributed by atoms with van der Waals surface area (Å²) in [6.45, 7) is 1.44. The number of hydrogen-bond acceptors (Lipinski definition) is 7. The molecule has 9 heteroatoms. The van der Waals surface area contributed by atoms with Gasteiger partial charge in [0, 0.05) is 11.0 Å². The van der Waals surface area contributed by atoms with Gasteiger partial charge in [-0.15, -0.1) is 11.8 Å². The number of amides is 1. The van der Waals surface area contributed by atoms with Gasteiger partial charge < -0.3 is 14.8 Å². The summed E-state index contributed by atoms with van der Waals surface area (Å²) in [5.41, 5.74) is 0.0805. The zero-order chi connectivity index (χ0) is 19.8. The highest BCUT2D eigenvalue weighted by atomic mass is 32.2. The van der Waals surface area contributed by atoms with Crippen molar-refractivity contribution in [3.8, 4) is 5.75 Å². The Labute approximate surface area is 160 Å². The number of nitrogens with zero attached hydrogens (tertiary/aromatic N) is 1. The number of thioether (sulfide) groups is 1. The fraction of sp³-hybridized carbons (Fsp3) is 0.222. The maximum atomic E-state index is 12.2. The van der Waals surface area contributed by atoms with Crippen LogP contribution in [0, 0.1) is 10.1 Å². The molecule has 0 bridgehead atoms. The van der Waals surface area contributed by atoms with Gasteiger partial charge in [0.25, 0.3) is 11.6 Å². The van der Waals surface area contributed by atoms with E-state index in [0.29, 0.717) is 0 Å². The largest absolute Gasteiger partial charge is 0.494 e. The average Bonchev–Trinajstić information content (AvgIpc) is 2.67. The Morgan fingerprint density at radius 2 is 1.93 bits per heavy atom. The zero-order valence-electron chi connectivity index (χ0n) is 14.7. The van der Waals surface area contributed by atoms with Crippen LogP contribution in [-0.2, 0) is 14.3 Å². The second-order valence-corrected chi connectivity index (χ2v) is 6.41. The quantitative estimate of drug-likeness (QED) is 0.319. The first-order valence-corrected chi connectivity index (χ1v) is 8.90. The van der Waals surface area contributed by atoms with Crippen LogP contribution in [-0.4, -0.2) is 35.8 Å². The first kappa shape index (κ1) is 20.2. The molecule has 0 saturated carbocycles. The molecule has 0 fully saturated rings. The lowest BCUT2D eigenvalue weighted by atomic mass is 10.2. The highest BCUT2D eigenvalue weighted by Crippen LogP contribution is 2.29. The number of methoxy groups -OCH3 is 1. The Bertz CT molecular complexity index is 828. The third-order valence-electron chi connectivity index (χ3n) is 3.43. The molecule has 0 unspecified atom stereocenters. The van der Waals surface area contributed by atoms with Gasteiger partial charge in [0.15, 0.2) is 6.10 Å². The molecule has 2 aromatic rings. The first-order valence-electron chi connectivity index (χ1n) is 7.91. The number of nitro benzene ring substituents is 1. The van der Waals surface area contributed by atoms with Gasteiger partial charge in [-0.25, -0.2) is 0 Å². The Balaban J connectivity index is 1.91. The van der Waals surface area contributed by atoms with E-state index < -0.39 is 22.9 Å². The van der Waals surface area contributed by atoms with Crippen molar-refractivity contribution >= 4 is 35.0 Å². The predicted molar refractivity (Wildman–Crippen MR) is 101 cm³/mol. The Hall–Kier alpha value is -3.07. The molecule has 0 aliphatic rings. The minimum atomic E-state index is -1.03. The molecule has 1 amide bonds. The summed E-state index contributed by atoms with van der Waals surface area (Å²) in [5, 5.41) is 13.3. The van der Waals surface area contributed by atoms with Crippen LogP contribution in [0.15, 0.2) is 53.4 Å². The fourth-order valence-corrected chi connectivity index (χ4v) is 2.78. The SMILES string of the molecule is COc1cc([N+](=O)[O-])ccc1NC(=O)[C@H](C)OC(=O)CSc1ccccc1. The summed E-state index contributed by atoms with van der Waals surface area (Å²) in [4.78, 5) is 35.3. The lowest BCUT2D eigenvalue weighted by Crippen LogP contribution is -2.30. The van der Waals surface area contributed by atoms with Gasteiger partial charge in [0.05, 0.1) is 29.5 Å². The minimum absolute atomic E-state index is 0.0719. The molecule has 2 rings (SSSR count). The molecule has 0 spiro atoms. The average molecular weight is 390 g/mol. The molecule has 1 atom stereocenters. The number of nitrogens with one attached hydrogen (secondary N) is 1. The van der Waals surface area contributed by atoms with Crippen molar-refractivity contribution in [1.29, 1.82) is 0 Å². The number of benzene rings is 2. The normalized spacial score (nSPS) is 11.3. The number of carbonyl (C=O) groups excluding carboxylic acids is 2. The minimum Gasteiger partial charge on any atom is -0.494 e. The molecule has 0 radical (unpaired) electrons. The van der Waals surface area contributed by atoms with E-state index in [9.17, 15) is 19.7 Å². The summed E-state index contributed by atoms with van der Waals surface area (Å²) in [6, 6.07) is 13.1. The van der Waals surface area contributed by atoms with E-state index >= 15 is 0 Å². The van der Waals surface area contributed by atoms with Crippen LogP contribution in [0.1, 0.15) is 6.92 Å². The number of esters is 1. The second-order valence-electron chi connectivity index (χ2n) is 5.36. The molecule has 0 aromatic heterocycles. The van der Waals surface area contributed by atoms with Crippen molar-refractivity contribution in [2.24, 2.45) is 0 Å². The lowest BCUT2D eigenvalue weighted by Gasteiger charge is -2.15. The number of rotatable bonds is 8. The van der Waals surface area contributed by atoms with Crippen molar-refractivity contribution in [3.63, 3.8) is 0 Å². The Morgan fingerprint density at radius 3 is 2.56 bits per heavy atom. The molecule has 0 saturated heterocycles. The van der Waals surface area contributed by atoms with Gasteiger partial charge >= 0.3 is 5.97 Å². The highest BCUT2D eigenvalue weighted by molar-refractivity contribution is 8.00. The van der Waals surface area contributed by atoms with Gasteiger partial charge in [0.2, 0.25) is 0 Å². The van der Waals surface area contributed by atoms with E-state index in [1.807, 2.05) is 30.3 Å². The van der Waals surface area contributed by atoms with E-state index in [1.54, 1.807) is 0 Å². The molecule has 1 N–H and O–H groups in total. The number of anilines is 1. The number of non-ortho nitro benzene ring substituents is 1. The monoisotopic (exact) mass is 390 g/mol. The predicted octanol–water partition coefficient (Wildman–Crippen LogP) is 3.27. The summed E-state index contributed by atoms with van der Waals surface area (Å²) >= 11 is 1.31. The van der Waals surface area contributed by atoms with Crippen LogP contribution in [0.2, 0.25) is 0 Å². The van der Waals surface area contributed by atoms with Crippen molar-refractivity contribution < 1.29 is 24.0 Å². The molecular formula is C18H18N2O6S. The van der Waals surface area contributed by atoms with Crippen LogP contribution in [0.25, 0.3) is 0 Å². The molecule has 27 heavy (non-hydrogen) atoms. The van der Waals surface area contributed by atoms with Gasteiger partial charge in [-0.2, -0.15) is 0 Å². The fourth-order valence-electron chi connectivity index (χ4n) is 2.07. The molecule has 0 heterocycles. The summed E-state index contributed by atoms with van der Waals surface area (Å²) in [5.74, 6) is -0.888.